The molecule has 1 amide bonds. The van der Waals surface area contributed by atoms with Crippen molar-refractivity contribution >= 4 is 22.8 Å². The highest BCUT2D eigenvalue weighted by Crippen LogP contribution is 2.33. The van der Waals surface area contributed by atoms with E-state index in [2.05, 4.69) is 4.98 Å². The first kappa shape index (κ1) is 27.6. The van der Waals surface area contributed by atoms with Gasteiger partial charge < -0.3 is 19.2 Å². The molecule has 7 nitrogen and oxygen atoms in total. The van der Waals surface area contributed by atoms with Gasteiger partial charge in [-0.25, -0.2) is 18.6 Å². The van der Waals surface area contributed by atoms with Gasteiger partial charge in [-0.05, 0) is 36.4 Å². The zero-order valence-electron chi connectivity index (χ0n) is 20.1. The molecule has 0 radical (unpaired) electrons. The van der Waals surface area contributed by atoms with Gasteiger partial charge in [0.25, 0.3) is 11.8 Å². The molecule has 0 spiro atoms. The lowest BCUT2D eigenvalue weighted by molar-refractivity contribution is -0.192. The molecule has 0 aliphatic carbocycles. The number of aliphatic carboxylic acids is 1. The fraction of sp³-hybridized carbons (Fsp3) is 0.222. The Morgan fingerprint density at radius 3 is 2.46 bits per heavy atom. The number of likely N-dealkylation sites (tertiary alicyclic amines) is 1. The fourth-order valence-corrected chi connectivity index (χ4v) is 3.87. The second-order valence-corrected chi connectivity index (χ2v) is 8.57. The number of carboxylic acids is 1. The van der Waals surface area contributed by atoms with E-state index in [9.17, 15) is 26.7 Å². The van der Waals surface area contributed by atoms with Crippen LogP contribution in [0, 0.1) is 0 Å². The number of para-hydroxylation sites is 1. The monoisotopic (exact) mass is 548 g/mol. The summed E-state index contributed by atoms with van der Waals surface area (Å²) in [5.74, 6) is -5.41. The van der Waals surface area contributed by atoms with Crippen LogP contribution in [0.4, 0.5) is 22.0 Å². The normalized spacial score (nSPS) is 16.7. The Hall–Kier alpha value is -4.48. The first-order chi connectivity index (χ1) is 18.4. The zero-order chi connectivity index (χ0) is 28.2. The number of ether oxygens (including phenoxy) is 1. The van der Waals surface area contributed by atoms with E-state index in [0.29, 0.717) is 16.8 Å². The molecule has 1 atom stereocenters. The van der Waals surface area contributed by atoms with Gasteiger partial charge in [-0.3, -0.25) is 4.79 Å². The first-order valence-corrected chi connectivity index (χ1v) is 11.6. The number of benzene rings is 2. The third-order valence-electron chi connectivity index (χ3n) is 5.85. The third-order valence-corrected chi connectivity index (χ3v) is 5.85. The largest absolute Gasteiger partial charge is 0.490 e. The number of hydrogen-bond acceptors (Lipinski definition) is 5. The second kappa shape index (κ2) is 11.1. The summed E-state index contributed by atoms with van der Waals surface area (Å²) in [6, 6.07) is 21.3. The molecule has 12 heteroatoms. The molecule has 4 aromatic rings. The third kappa shape index (κ3) is 6.70. The summed E-state index contributed by atoms with van der Waals surface area (Å²) >= 11 is 0. The minimum Gasteiger partial charge on any atom is -0.475 e. The summed E-state index contributed by atoms with van der Waals surface area (Å²) in [4.78, 5) is 27.7. The van der Waals surface area contributed by atoms with Gasteiger partial charge in [0.15, 0.2) is 6.10 Å². The predicted octanol–water partition coefficient (Wildman–Crippen LogP) is 6.06. The van der Waals surface area contributed by atoms with Crippen molar-refractivity contribution in [2.24, 2.45) is 0 Å². The summed E-state index contributed by atoms with van der Waals surface area (Å²) < 4.78 is 72.0. The number of carbonyl (C=O) groups excluding carboxylic acids is 1. The molecule has 5 rings (SSSR count). The molecule has 1 aliphatic rings. The number of aromatic nitrogens is 1. The van der Waals surface area contributed by atoms with Gasteiger partial charge >= 0.3 is 12.1 Å². The molecule has 0 bridgehead atoms. The second-order valence-electron chi connectivity index (χ2n) is 8.57. The van der Waals surface area contributed by atoms with Crippen LogP contribution in [0.25, 0.3) is 22.2 Å². The number of hydrogen-bond donors (Lipinski definition) is 1. The molecular weight excluding hydrogens is 527 g/mol. The average molecular weight is 548 g/mol. The van der Waals surface area contributed by atoms with Crippen molar-refractivity contribution in [3.8, 4) is 17.2 Å². The summed E-state index contributed by atoms with van der Waals surface area (Å²) in [5.41, 5.74) is 1.81. The quantitative estimate of drug-likeness (QED) is 0.312. The summed E-state index contributed by atoms with van der Waals surface area (Å²) in [6.07, 6.45) is -5.49. The van der Waals surface area contributed by atoms with E-state index in [1.165, 1.54) is 4.90 Å². The van der Waals surface area contributed by atoms with Crippen LogP contribution in [0.2, 0.25) is 0 Å². The van der Waals surface area contributed by atoms with E-state index in [-0.39, 0.29) is 24.9 Å². The zero-order valence-corrected chi connectivity index (χ0v) is 20.1. The van der Waals surface area contributed by atoms with Crippen molar-refractivity contribution in [1.29, 1.82) is 0 Å². The first-order valence-electron chi connectivity index (χ1n) is 11.6. The Kier molecular flexibility index (Phi) is 7.84. The van der Waals surface area contributed by atoms with Crippen LogP contribution in [0.15, 0.2) is 83.5 Å². The van der Waals surface area contributed by atoms with Crippen molar-refractivity contribution in [3.05, 3.63) is 84.6 Å². The summed E-state index contributed by atoms with van der Waals surface area (Å²) in [7, 11) is 0. The van der Waals surface area contributed by atoms with E-state index in [1.807, 2.05) is 24.3 Å². The van der Waals surface area contributed by atoms with Gasteiger partial charge in [-0.15, -0.1) is 0 Å². The van der Waals surface area contributed by atoms with Crippen molar-refractivity contribution in [3.63, 3.8) is 0 Å². The van der Waals surface area contributed by atoms with Gasteiger partial charge in [-0.1, -0.05) is 30.3 Å². The predicted molar refractivity (Wildman–Crippen MR) is 129 cm³/mol. The number of carboxylic acid groups (broad SMARTS) is 1. The van der Waals surface area contributed by atoms with Crippen LogP contribution < -0.4 is 4.74 Å². The maximum atomic E-state index is 14.7. The van der Waals surface area contributed by atoms with Crippen LogP contribution in [0.1, 0.15) is 16.8 Å². The van der Waals surface area contributed by atoms with Crippen LogP contribution in [-0.2, 0) is 4.79 Å². The number of piperidine rings is 1. The van der Waals surface area contributed by atoms with Crippen LogP contribution in [0.3, 0.4) is 0 Å². The number of nitrogens with zero attached hydrogens (tertiary/aromatic N) is 2. The minimum absolute atomic E-state index is 0.0537. The van der Waals surface area contributed by atoms with E-state index >= 15 is 0 Å². The molecule has 1 fully saturated rings. The van der Waals surface area contributed by atoms with Gasteiger partial charge in [0, 0.05) is 35.5 Å². The average Bonchev–Trinajstić information content (AvgIpc) is 3.45. The molecule has 1 saturated heterocycles. The maximum Gasteiger partial charge on any atom is 0.490 e. The number of fused-ring (bicyclic) bond motifs is 1. The molecule has 3 heterocycles. The Morgan fingerprint density at radius 2 is 1.77 bits per heavy atom. The highest BCUT2D eigenvalue weighted by atomic mass is 19.4. The number of pyridine rings is 1. The molecule has 1 aliphatic heterocycles. The summed E-state index contributed by atoms with van der Waals surface area (Å²) in [6.45, 7) is -0.285. The number of furan rings is 1. The van der Waals surface area contributed by atoms with Crippen LogP contribution in [0.5, 0.6) is 5.88 Å². The minimum atomic E-state index is -5.08. The highest BCUT2D eigenvalue weighted by molar-refractivity contribution is 5.95. The lowest BCUT2D eigenvalue weighted by Gasteiger charge is -2.38. The van der Waals surface area contributed by atoms with Crippen molar-refractivity contribution < 1.29 is 45.8 Å². The van der Waals surface area contributed by atoms with Gasteiger partial charge in [0.05, 0.1) is 18.3 Å². The van der Waals surface area contributed by atoms with Crippen molar-refractivity contribution in [1.82, 2.24) is 9.88 Å². The van der Waals surface area contributed by atoms with Gasteiger partial charge in [0.1, 0.15) is 5.76 Å². The molecule has 1 unspecified atom stereocenters. The number of carbonyl (C=O) groups is 2. The number of amides is 1. The Bertz CT molecular complexity index is 1460. The standard InChI is InChI=1S/C25H20F2N2O3.C2HF3O2/c26-25(27)12-13-29(24(30)19-7-3-6-18(15-19)21-9-4-14-31-21)16-22(25)32-23-11-10-17-5-1-2-8-20(17)28-23;3-2(4,5)1(6)7/h1-11,14-15,22H,12-13,16H2;(H,6,7). The fourth-order valence-electron chi connectivity index (χ4n) is 3.87. The van der Waals surface area contributed by atoms with Gasteiger partial charge in [-0.2, -0.15) is 13.2 Å². The Labute approximate surface area is 218 Å². The van der Waals surface area contributed by atoms with Crippen LogP contribution >= 0.6 is 0 Å². The summed E-state index contributed by atoms with van der Waals surface area (Å²) in [5, 5.41) is 8.02. The van der Waals surface area contributed by atoms with E-state index in [1.54, 1.807) is 54.8 Å². The lowest BCUT2D eigenvalue weighted by atomic mass is 10.0. The molecule has 204 valence electrons. The molecule has 2 aromatic carbocycles. The number of rotatable bonds is 4. The smallest absolute Gasteiger partial charge is 0.475 e. The number of alkyl halides is 5. The number of halogens is 5. The van der Waals surface area contributed by atoms with Gasteiger partial charge in [0.2, 0.25) is 5.88 Å². The van der Waals surface area contributed by atoms with Crippen LogP contribution in [-0.4, -0.2) is 58.2 Å². The molecule has 1 N–H and O–H groups in total. The molecule has 0 saturated carbocycles. The maximum absolute atomic E-state index is 14.7. The Morgan fingerprint density at radius 1 is 1.03 bits per heavy atom. The molecule has 39 heavy (non-hydrogen) atoms. The Balaban J connectivity index is 0.000000448. The SMILES string of the molecule is O=C(O)C(F)(F)F.O=C(c1cccc(-c2ccco2)c1)N1CCC(F)(F)C(Oc2ccc3ccccc3n2)C1. The topological polar surface area (TPSA) is 92.9 Å². The van der Waals surface area contributed by atoms with Crippen molar-refractivity contribution in [2.75, 3.05) is 13.1 Å². The van der Waals surface area contributed by atoms with E-state index in [0.717, 1.165) is 10.9 Å². The van der Waals surface area contributed by atoms with Crippen molar-refractivity contribution in [2.45, 2.75) is 24.6 Å². The molecular formula is C27H21F5N2O5. The highest BCUT2D eigenvalue weighted by Gasteiger charge is 2.47. The van der Waals surface area contributed by atoms with E-state index in [4.69, 9.17) is 19.1 Å². The van der Waals surface area contributed by atoms with E-state index < -0.39 is 30.6 Å². The lowest BCUT2D eigenvalue weighted by Crippen LogP contribution is -2.55. The molecule has 2 aromatic heterocycles.